The number of nitrogens with zero attached hydrogens (tertiary/aromatic N) is 6. The van der Waals surface area contributed by atoms with E-state index in [-0.39, 0.29) is 51.4 Å². The molecular weight excluding hydrogens is 537 g/mol. The van der Waals surface area contributed by atoms with Gasteiger partial charge >= 0.3 is 51.4 Å². The quantitative estimate of drug-likeness (QED) is 0.308. The third-order valence-electron chi connectivity index (χ3n) is 7.06. The molecule has 0 spiro atoms. The largest absolute Gasteiger partial charge is 1.00 e. The minimum absolute atomic E-state index is 0. The number of hydrogen-bond acceptors (Lipinski definition) is 6. The minimum Gasteiger partial charge on any atom is -0.469 e. The van der Waals surface area contributed by atoms with Gasteiger partial charge in [-0.3, -0.25) is 4.68 Å². The molecular formula is C32H30KN7O. The van der Waals surface area contributed by atoms with Crippen molar-refractivity contribution in [3.8, 4) is 34.0 Å². The van der Waals surface area contributed by atoms with Crippen LogP contribution in [0, 0.1) is 6.92 Å². The third kappa shape index (κ3) is 6.60. The Kier molecular flexibility index (Phi) is 9.01. The van der Waals surface area contributed by atoms with Crippen LogP contribution in [0.1, 0.15) is 29.9 Å². The van der Waals surface area contributed by atoms with E-state index in [1.807, 2.05) is 79.4 Å². The minimum atomic E-state index is 0. The van der Waals surface area contributed by atoms with Gasteiger partial charge in [0.15, 0.2) is 0 Å². The fourth-order valence-electron chi connectivity index (χ4n) is 4.72. The summed E-state index contributed by atoms with van der Waals surface area (Å²) in [5.41, 5.74) is 13.2. The van der Waals surface area contributed by atoms with E-state index < -0.39 is 0 Å². The Balaban J connectivity index is 0.000000286. The van der Waals surface area contributed by atoms with Gasteiger partial charge in [-0.05, 0) is 60.4 Å². The SMILES string of the molecule is C[N-]c1cc2cc(-c3ccc(-c4nc(-c5ccccc5)co4)cc3C)nc(N)c2cn1.Cn1cc(C2CC2)cn1.[K+]. The number of pyridine rings is 2. The molecule has 1 aliphatic carbocycles. The molecule has 4 heterocycles. The molecule has 41 heavy (non-hydrogen) atoms. The molecule has 2 aromatic carbocycles. The van der Waals surface area contributed by atoms with Gasteiger partial charge in [0.2, 0.25) is 5.89 Å². The van der Waals surface area contributed by atoms with Crippen molar-refractivity contribution in [1.29, 1.82) is 0 Å². The van der Waals surface area contributed by atoms with Crippen LogP contribution in [0.25, 0.3) is 50.1 Å². The van der Waals surface area contributed by atoms with Crippen LogP contribution in [0.4, 0.5) is 11.6 Å². The van der Waals surface area contributed by atoms with Gasteiger partial charge in [0, 0.05) is 35.3 Å². The third-order valence-corrected chi connectivity index (χ3v) is 7.06. The molecule has 7 rings (SSSR count). The maximum atomic E-state index is 6.21. The average Bonchev–Trinajstić information content (AvgIpc) is 3.54. The van der Waals surface area contributed by atoms with E-state index in [1.54, 1.807) is 19.5 Å². The van der Waals surface area contributed by atoms with E-state index in [0.29, 0.717) is 17.5 Å². The van der Waals surface area contributed by atoms with Crippen molar-refractivity contribution in [1.82, 2.24) is 24.7 Å². The van der Waals surface area contributed by atoms with Gasteiger partial charge in [-0.1, -0.05) is 61.5 Å². The first kappa shape index (κ1) is 29.2. The van der Waals surface area contributed by atoms with E-state index in [4.69, 9.17) is 10.2 Å². The smallest absolute Gasteiger partial charge is 0.469 e. The monoisotopic (exact) mass is 567 g/mol. The molecule has 1 fully saturated rings. The van der Waals surface area contributed by atoms with Crippen LogP contribution in [-0.2, 0) is 7.05 Å². The van der Waals surface area contributed by atoms with Crippen LogP contribution in [0.15, 0.2) is 89.9 Å². The number of aryl methyl sites for hydroxylation is 2. The molecule has 0 unspecified atom stereocenters. The van der Waals surface area contributed by atoms with Crippen molar-refractivity contribution in [2.24, 2.45) is 7.05 Å². The second-order valence-electron chi connectivity index (χ2n) is 10.0. The van der Waals surface area contributed by atoms with E-state index in [9.17, 15) is 0 Å². The van der Waals surface area contributed by atoms with Gasteiger partial charge in [0.1, 0.15) is 17.8 Å². The Bertz CT molecular complexity index is 1790. The van der Waals surface area contributed by atoms with E-state index >= 15 is 0 Å². The summed E-state index contributed by atoms with van der Waals surface area (Å²) >= 11 is 0. The molecule has 0 atom stereocenters. The molecule has 4 aromatic heterocycles. The van der Waals surface area contributed by atoms with Crippen molar-refractivity contribution < 1.29 is 55.8 Å². The Morgan fingerprint density at radius 3 is 2.44 bits per heavy atom. The molecule has 0 amide bonds. The molecule has 0 aliphatic heterocycles. The summed E-state index contributed by atoms with van der Waals surface area (Å²) < 4.78 is 7.61. The summed E-state index contributed by atoms with van der Waals surface area (Å²) in [6, 6.07) is 20.0. The van der Waals surface area contributed by atoms with Crippen molar-refractivity contribution >= 4 is 22.4 Å². The van der Waals surface area contributed by atoms with Crippen LogP contribution < -0.4 is 57.1 Å². The number of oxazole rings is 1. The van der Waals surface area contributed by atoms with Crippen molar-refractivity contribution in [2.75, 3.05) is 12.8 Å². The van der Waals surface area contributed by atoms with Crippen LogP contribution in [0.5, 0.6) is 0 Å². The second kappa shape index (κ2) is 12.7. The number of nitrogen functional groups attached to an aromatic ring is 1. The normalized spacial score (nSPS) is 12.4. The van der Waals surface area contributed by atoms with Crippen molar-refractivity contribution in [3.05, 3.63) is 102 Å². The van der Waals surface area contributed by atoms with Gasteiger partial charge in [0.25, 0.3) is 0 Å². The Morgan fingerprint density at radius 1 is 0.951 bits per heavy atom. The van der Waals surface area contributed by atoms with Crippen LogP contribution in [0.3, 0.4) is 0 Å². The topological polar surface area (TPSA) is 110 Å². The zero-order valence-electron chi connectivity index (χ0n) is 23.7. The van der Waals surface area contributed by atoms with Crippen molar-refractivity contribution in [3.63, 3.8) is 0 Å². The Hall–Kier alpha value is -3.34. The van der Waals surface area contributed by atoms with E-state index in [1.165, 1.54) is 18.4 Å². The van der Waals surface area contributed by atoms with Gasteiger partial charge in [0.05, 0.1) is 11.9 Å². The fourth-order valence-corrected chi connectivity index (χ4v) is 4.72. The summed E-state index contributed by atoms with van der Waals surface area (Å²) in [4.78, 5) is 13.5. The zero-order chi connectivity index (χ0) is 27.6. The first-order valence-corrected chi connectivity index (χ1v) is 13.3. The summed E-state index contributed by atoms with van der Waals surface area (Å²) in [6.07, 6.45) is 10.2. The van der Waals surface area contributed by atoms with Crippen LogP contribution in [0.2, 0.25) is 0 Å². The van der Waals surface area contributed by atoms with Gasteiger partial charge < -0.3 is 20.5 Å². The molecule has 1 aliphatic rings. The van der Waals surface area contributed by atoms with E-state index in [0.717, 1.165) is 50.3 Å². The molecule has 1 saturated carbocycles. The molecule has 9 heteroatoms. The Morgan fingerprint density at radius 2 is 1.76 bits per heavy atom. The molecule has 0 bridgehead atoms. The molecule has 6 aromatic rings. The molecule has 8 nitrogen and oxygen atoms in total. The number of hydrogen-bond donors (Lipinski definition) is 1. The maximum Gasteiger partial charge on any atom is 1.00 e. The van der Waals surface area contributed by atoms with E-state index in [2.05, 4.69) is 37.6 Å². The van der Waals surface area contributed by atoms with Gasteiger partial charge in [-0.15, -0.1) is 0 Å². The predicted molar refractivity (Wildman–Crippen MR) is 159 cm³/mol. The summed E-state index contributed by atoms with van der Waals surface area (Å²) in [5, 5.41) is 10.0. The average molecular weight is 568 g/mol. The number of benzene rings is 2. The Labute approximate surface area is 281 Å². The van der Waals surface area contributed by atoms with Gasteiger partial charge in [-0.2, -0.15) is 5.10 Å². The first-order valence-electron chi connectivity index (χ1n) is 13.3. The number of rotatable bonds is 5. The number of anilines is 1. The molecule has 0 saturated heterocycles. The molecule has 0 radical (unpaired) electrons. The summed E-state index contributed by atoms with van der Waals surface area (Å²) in [7, 11) is 3.68. The second-order valence-corrected chi connectivity index (χ2v) is 10.0. The first-order chi connectivity index (χ1) is 19.5. The summed E-state index contributed by atoms with van der Waals surface area (Å²) in [6.45, 7) is 2.04. The fraction of sp³-hybridized carbons (Fsp3) is 0.188. The number of nitrogens with two attached hydrogens (primary N) is 1. The maximum absolute atomic E-state index is 6.21. The van der Waals surface area contributed by atoms with Gasteiger partial charge in [-0.25, -0.2) is 9.97 Å². The molecule has 200 valence electrons. The number of aromatic nitrogens is 5. The molecule has 2 N–H and O–H groups in total. The zero-order valence-corrected chi connectivity index (χ0v) is 26.9. The summed E-state index contributed by atoms with van der Waals surface area (Å²) in [5.74, 6) is 2.54. The predicted octanol–water partition coefficient (Wildman–Crippen LogP) is 4.45. The van der Waals surface area contributed by atoms with Crippen LogP contribution >= 0.6 is 0 Å². The van der Waals surface area contributed by atoms with Crippen molar-refractivity contribution in [2.45, 2.75) is 25.7 Å². The standard InChI is InChI=1S/C25H20N5O.C7H10N2.K/c1-15-10-17(25-30-22(14-31-25)16-6-4-3-5-7-16)8-9-19(15)21-11-18-12-23(27-2)28-13-20(18)24(26)29-21;1-9-5-7(4-8-9)6-2-3-6;/h3-14H,1-2H3,(H2-,26,27,28,29);4-6H,2-3H2,1H3;/q-1;;+1. The number of fused-ring (bicyclic) bond motifs is 1. The van der Waals surface area contributed by atoms with Crippen LogP contribution in [-0.4, -0.2) is 31.8 Å².